The van der Waals surface area contributed by atoms with E-state index in [9.17, 15) is 2.74 Å². The number of nitrogens with zero attached hydrogens (tertiary/aromatic N) is 5. The molecule has 13 rings (SSSR count). The van der Waals surface area contributed by atoms with Crippen LogP contribution < -0.4 is 0 Å². The second-order valence-electron chi connectivity index (χ2n) is 15.5. The van der Waals surface area contributed by atoms with E-state index in [4.69, 9.17) is 24.9 Å². The quantitative estimate of drug-likeness (QED) is 0.168. The molecule has 0 saturated heterocycles. The third-order valence-corrected chi connectivity index (χ3v) is 11.9. The third kappa shape index (κ3) is 5.55. The molecule has 0 atom stereocenters. The maximum atomic E-state index is 9.29. The van der Waals surface area contributed by atoms with Gasteiger partial charge in [0, 0.05) is 65.8 Å². The lowest BCUT2D eigenvalue weighted by Gasteiger charge is -2.16. The number of furan rings is 1. The molecule has 4 aromatic heterocycles. The van der Waals surface area contributed by atoms with Crippen LogP contribution in [0, 0.1) is 0 Å². The van der Waals surface area contributed by atoms with Gasteiger partial charge in [0.05, 0.1) is 36.0 Å². The molecule has 0 aliphatic carbocycles. The fourth-order valence-corrected chi connectivity index (χ4v) is 9.12. The van der Waals surface area contributed by atoms with Crippen molar-refractivity contribution in [3.05, 3.63) is 212 Å². The van der Waals surface area contributed by atoms with Crippen LogP contribution in [0.3, 0.4) is 0 Å². The van der Waals surface area contributed by atoms with E-state index in [0.717, 1.165) is 49.4 Å². The van der Waals surface area contributed by atoms with Crippen LogP contribution in [0.5, 0.6) is 0 Å². The van der Waals surface area contributed by atoms with Gasteiger partial charge in [0.2, 0.25) is 0 Å². The molecule has 0 aliphatic heterocycles. The first-order chi connectivity index (χ1) is 33.7. The highest BCUT2D eigenvalue weighted by Crippen LogP contribution is 2.43. The predicted molar refractivity (Wildman–Crippen MR) is 258 cm³/mol. The van der Waals surface area contributed by atoms with Crippen LogP contribution in [0.2, 0.25) is 0 Å². The zero-order valence-electron chi connectivity index (χ0n) is 39.4. The average Bonchev–Trinajstić information content (AvgIpc) is 4.06. The van der Waals surface area contributed by atoms with Gasteiger partial charge in [-0.1, -0.05) is 152 Å². The first kappa shape index (κ1) is 29.6. The van der Waals surface area contributed by atoms with E-state index in [1.54, 1.807) is 4.57 Å². The topological polar surface area (TPSA) is 61.7 Å². The number of hydrogen-bond donors (Lipinski definition) is 0. The lowest BCUT2D eigenvalue weighted by atomic mass is 9.98. The summed E-state index contributed by atoms with van der Waals surface area (Å²) in [5.74, 6) is 1.35. The summed E-state index contributed by atoms with van der Waals surface area (Å²) < 4.78 is 64.7. The fourth-order valence-electron chi connectivity index (χ4n) is 9.12. The second-order valence-corrected chi connectivity index (χ2v) is 15.5. The van der Waals surface area contributed by atoms with Crippen molar-refractivity contribution in [1.82, 2.24) is 24.1 Å². The molecule has 13 aromatic rings. The van der Waals surface area contributed by atoms with Gasteiger partial charge in [-0.15, -0.1) is 0 Å². The van der Waals surface area contributed by atoms with E-state index in [1.807, 2.05) is 109 Å². The monoisotopic (exact) mass is 811 g/mol. The van der Waals surface area contributed by atoms with Crippen LogP contribution in [0.4, 0.5) is 0 Å². The van der Waals surface area contributed by atoms with Gasteiger partial charge < -0.3 is 13.6 Å². The molecule has 0 saturated carbocycles. The van der Waals surface area contributed by atoms with Crippen molar-refractivity contribution in [3.8, 4) is 56.7 Å². The average molecular weight is 812 g/mol. The largest absolute Gasteiger partial charge is 0.455 e. The molecule has 0 amide bonds. The van der Waals surface area contributed by atoms with Crippen molar-refractivity contribution in [2.24, 2.45) is 0 Å². The summed E-state index contributed by atoms with van der Waals surface area (Å²) in [4.78, 5) is 15.5. The minimum atomic E-state index is -0.186. The lowest BCUT2D eigenvalue weighted by Crippen LogP contribution is -2.02. The fraction of sp³-hybridized carbons (Fsp3) is 0. The summed E-state index contributed by atoms with van der Waals surface area (Å²) in [6.45, 7) is 0. The Kier molecular flexibility index (Phi) is 6.56. The Balaban J connectivity index is 1.10. The van der Waals surface area contributed by atoms with Gasteiger partial charge in [-0.2, -0.15) is 0 Å². The highest BCUT2D eigenvalue weighted by atomic mass is 16.3. The molecule has 0 radical (unpaired) electrons. The molecule has 4 heterocycles. The number of fused-ring (bicyclic) bond motifs is 9. The van der Waals surface area contributed by atoms with Crippen molar-refractivity contribution in [2.45, 2.75) is 0 Å². The van der Waals surface area contributed by atoms with Crippen LogP contribution >= 0.6 is 0 Å². The van der Waals surface area contributed by atoms with Gasteiger partial charge in [0.25, 0.3) is 0 Å². The minimum Gasteiger partial charge on any atom is -0.455 e. The Hall–Kier alpha value is -8.61. The van der Waals surface area contributed by atoms with Gasteiger partial charge in [0.1, 0.15) is 11.2 Å². The molecule has 0 unspecified atom stereocenters. The van der Waals surface area contributed by atoms with E-state index in [1.165, 1.54) is 12.1 Å². The van der Waals surface area contributed by atoms with Crippen molar-refractivity contribution in [2.75, 3.05) is 0 Å². The van der Waals surface area contributed by atoms with Crippen LogP contribution in [0.15, 0.2) is 217 Å². The molecule has 0 aliphatic rings. The summed E-state index contributed by atoms with van der Waals surface area (Å²) >= 11 is 0. The number of aromatic nitrogens is 5. The SMILES string of the molecule is [2H]c1cc([2H])c2c(c1[2H])c1c([2H])c([2H])cc([2H])c1n2-c1ccc(-c2nc(-c3ccccc3)nc(-c3ccc4c5ccccc5n(-c5ccccc5)c4c3)n2)cc1-c1cccc2c1oc1ccccc12. The Morgan fingerprint density at radius 2 is 0.984 bits per heavy atom. The number of benzene rings is 9. The molecule has 0 spiro atoms. The van der Waals surface area contributed by atoms with Gasteiger partial charge >= 0.3 is 0 Å². The van der Waals surface area contributed by atoms with Gasteiger partial charge in [-0.3, -0.25) is 0 Å². The summed E-state index contributed by atoms with van der Waals surface area (Å²) in [6.07, 6.45) is 0. The molecule has 0 N–H and O–H groups in total. The molecule has 6 nitrogen and oxygen atoms in total. The summed E-state index contributed by atoms with van der Waals surface area (Å²) in [7, 11) is 0. The van der Waals surface area contributed by atoms with E-state index in [2.05, 4.69) is 59.2 Å². The Labute approximate surface area is 370 Å². The Morgan fingerprint density at radius 3 is 1.75 bits per heavy atom. The van der Waals surface area contributed by atoms with E-state index >= 15 is 0 Å². The van der Waals surface area contributed by atoms with Crippen LogP contribution in [-0.4, -0.2) is 24.1 Å². The summed E-state index contributed by atoms with van der Waals surface area (Å²) in [5, 5.41) is 4.40. The molecular formula is C57H35N5O. The van der Waals surface area contributed by atoms with Crippen LogP contribution in [0.25, 0.3) is 122 Å². The smallest absolute Gasteiger partial charge is 0.164 e. The highest BCUT2D eigenvalue weighted by molar-refractivity contribution is 6.13. The molecule has 0 bridgehead atoms. The van der Waals surface area contributed by atoms with Crippen LogP contribution in [-0.2, 0) is 0 Å². The lowest BCUT2D eigenvalue weighted by molar-refractivity contribution is 0.670. The van der Waals surface area contributed by atoms with E-state index < -0.39 is 0 Å². The van der Waals surface area contributed by atoms with Gasteiger partial charge in [0.15, 0.2) is 17.5 Å². The maximum absolute atomic E-state index is 9.29. The first-order valence-electron chi connectivity index (χ1n) is 23.7. The normalized spacial score (nSPS) is 13.1. The molecule has 9 aromatic carbocycles. The van der Waals surface area contributed by atoms with Crippen LogP contribution in [0.1, 0.15) is 8.22 Å². The number of hydrogen-bond acceptors (Lipinski definition) is 4. The van der Waals surface area contributed by atoms with Gasteiger partial charge in [-0.05, 0) is 60.6 Å². The van der Waals surface area contributed by atoms with Crippen molar-refractivity contribution >= 4 is 65.6 Å². The number of rotatable bonds is 6. The predicted octanol–water partition coefficient (Wildman–Crippen LogP) is 14.6. The van der Waals surface area contributed by atoms with Crippen molar-refractivity contribution in [1.29, 1.82) is 0 Å². The van der Waals surface area contributed by atoms with Crippen molar-refractivity contribution in [3.63, 3.8) is 0 Å². The first-order valence-corrected chi connectivity index (χ1v) is 20.7. The maximum Gasteiger partial charge on any atom is 0.164 e. The molecule has 0 fully saturated rings. The van der Waals surface area contributed by atoms with E-state index in [-0.39, 0.29) is 58.1 Å². The third-order valence-electron chi connectivity index (χ3n) is 11.9. The molecular weight excluding hydrogens is 771 g/mol. The summed E-state index contributed by atoms with van der Waals surface area (Å²) in [6, 6.07) is 56.2. The molecule has 63 heavy (non-hydrogen) atoms. The highest BCUT2D eigenvalue weighted by Gasteiger charge is 2.22. The van der Waals surface area contributed by atoms with E-state index in [0.29, 0.717) is 51.0 Å². The van der Waals surface area contributed by atoms with Crippen molar-refractivity contribution < 1.29 is 12.6 Å². The zero-order chi connectivity index (χ0) is 46.7. The second kappa shape index (κ2) is 14.0. The Bertz CT molecular complexity index is 4210. The minimum absolute atomic E-state index is 0.0533. The summed E-state index contributed by atoms with van der Waals surface area (Å²) in [5.41, 5.74) is 9.06. The van der Waals surface area contributed by atoms with Gasteiger partial charge in [-0.25, -0.2) is 15.0 Å². The molecule has 6 heteroatoms. The standard InChI is InChI=1S/C57H35N5O/c1-3-16-36(17-4-1)55-58-56(60-57(59-55)38-30-32-43-42-22-7-11-26-48(42)61(52(43)35-38)39-18-5-2-6-19-39)37-31-33-51(62-49-27-12-8-20-40(49)41-21-9-13-28-50(41)62)47(34-37)46-25-15-24-45-44-23-10-14-29-53(44)63-54(45)46/h1-35H/i8D,9D,20D,21D,27D,28D. The molecule has 294 valence electrons. The Morgan fingerprint density at radius 1 is 0.381 bits per heavy atom. The zero-order valence-corrected chi connectivity index (χ0v) is 33.4. The number of para-hydroxylation sites is 6.